The number of aliphatic carboxylic acids is 1. The number of benzene rings is 1. The zero-order valence-corrected chi connectivity index (χ0v) is 11.0. The first-order chi connectivity index (χ1) is 8.55. The zero-order valence-electron chi connectivity index (χ0n) is 10.1. The highest BCUT2D eigenvalue weighted by atomic mass is 32.2. The van der Waals surface area contributed by atoms with Gasteiger partial charge in [0.1, 0.15) is 11.1 Å². The van der Waals surface area contributed by atoms with Crippen LogP contribution in [0, 0.1) is 0 Å². The number of thioether (sulfide) groups is 1. The molecule has 1 atom stereocenters. The molecule has 2 aromatic rings. The second-order valence-corrected chi connectivity index (χ2v) is 5.05. The van der Waals surface area contributed by atoms with Crippen molar-refractivity contribution in [2.24, 2.45) is 0 Å². The number of nitrogens with zero attached hydrogens (tertiary/aromatic N) is 1. The maximum Gasteiger partial charge on any atom is 0.324 e. The van der Waals surface area contributed by atoms with Crippen LogP contribution in [-0.4, -0.2) is 34.4 Å². The maximum atomic E-state index is 11.1. The summed E-state index contributed by atoms with van der Waals surface area (Å²) in [6.07, 6.45) is 0. The van der Waals surface area contributed by atoms with E-state index >= 15 is 0 Å². The molecule has 2 rings (SSSR count). The third-order valence-electron chi connectivity index (χ3n) is 2.78. The van der Waals surface area contributed by atoms with Crippen LogP contribution < -0.4 is 5.32 Å². The normalized spacial score (nSPS) is 14.6. The Labute approximate surface area is 109 Å². The molecule has 1 heterocycles. The first kappa shape index (κ1) is 12.9. The highest BCUT2D eigenvalue weighted by molar-refractivity contribution is 7.99. The SMILES string of the molecule is CNC(C)(CSc1nc2ccccc2o1)C(=O)O. The van der Waals surface area contributed by atoms with E-state index in [0.29, 0.717) is 16.6 Å². The molecule has 0 aliphatic rings. The third kappa shape index (κ3) is 2.49. The van der Waals surface area contributed by atoms with Crippen LogP contribution >= 0.6 is 11.8 Å². The summed E-state index contributed by atoms with van der Waals surface area (Å²) in [5.74, 6) is -0.556. The molecule has 0 fully saturated rings. The number of aromatic nitrogens is 1. The Kier molecular flexibility index (Phi) is 3.58. The van der Waals surface area contributed by atoms with Gasteiger partial charge in [-0.1, -0.05) is 23.9 Å². The lowest BCUT2D eigenvalue weighted by Gasteiger charge is -2.22. The fraction of sp³-hybridized carbons (Fsp3) is 0.333. The van der Waals surface area contributed by atoms with Gasteiger partial charge in [0.2, 0.25) is 0 Å². The summed E-state index contributed by atoms with van der Waals surface area (Å²) in [4.78, 5) is 15.4. The number of carboxylic acids is 1. The molecule has 18 heavy (non-hydrogen) atoms. The lowest BCUT2D eigenvalue weighted by molar-refractivity contribution is -0.142. The van der Waals surface area contributed by atoms with E-state index in [1.165, 1.54) is 11.8 Å². The maximum absolute atomic E-state index is 11.1. The second kappa shape index (κ2) is 4.99. The number of hydrogen-bond donors (Lipinski definition) is 2. The smallest absolute Gasteiger partial charge is 0.324 e. The minimum atomic E-state index is -0.995. The van der Waals surface area contributed by atoms with E-state index in [4.69, 9.17) is 9.52 Å². The molecule has 0 radical (unpaired) electrons. The van der Waals surface area contributed by atoms with Crippen molar-refractivity contribution in [2.45, 2.75) is 17.7 Å². The van der Waals surface area contributed by atoms with Gasteiger partial charge < -0.3 is 14.8 Å². The van der Waals surface area contributed by atoms with Gasteiger partial charge in [-0.25, -0.2) is 4.98 Å². The standard InChI is InChI=1S/C12H14N2O3S/c1-12(13-2,10(15)16)7-18-11-14-8-5-3-4-6-9(8)17-11/h3-6,13H,7H2,1-2H3,(H,15,16). The fourth-order valence-corrected chi connectivity index (χ4v) is 2.35. The van der Waals surface area contributed by atoms with Crippen LogP contribution in [0.3, 0.4) is 0 Å². The molecule has 1 aromatic heterocycles. The first-order valence-corrected chi connectivity index (χ1v) is 6.44. The summed E-state index contributed by atoms with van der Waals surface area (Å²) in [5.41, 5.74) is 0.494. The second-order valence-electron chi connectivity index (χ2n) is 4.12. The van der Waals surface area contributed by atoms with Gasteiger partial charge in [-0.2, -0.15) is 0 Å². The molecule has 5 nitrogen and oxygen atoms in total. The summed E-state index contributed by atoms with van der Waals surface area (Å²) in [5, 5.41) is 12.4. The van der Waals surface area contributed by atoms with Gasteiger partial charge in [-0.3, -0.25) is 4.79 Å². The van der Waals surface area contributed by atoms with E-state index < -0.39 is 11.5 Å². The minimum absolute atomic E-state index is 0.339. The van der Waals surface area contributed by atoms with Gasteiger partial charge in [0.25, 0.3) is 5.22 Å². The number of para-hydroxylation sites is 2. The van der Waals surface area contributed by atoms with Crippen molar-refractivity contribution in [3.05, 3.63) is 24.3 Å². The highest BCUT2D eigenvalue weighted by Crippen LogP contribution is 2.25. The summed E-state index contributed by atoms with van der Waals surface area (Å²) >= 11 is 1.28. The fourth-order valence-electron chi connectivity index (χ4n) is 1.36. The van der Waals surface area contributed by atoms with E-state index in [0.717, 1.165) is 5.52 Å². The van der Waals surface area contributed by atoms with Crippen LogP contribution in [0.25, 0.3) is 11.1 Å². The van der Waals surface area contributed by atoms with Crippen molar-refractivity contribution in [2.75, 3.05) is 12.8 Å². The van der Waals surface area contributed by atoms with Crippen molar-refractivity contribution in [3.63, 3.8) is 0 Å². The molecule has 1 aromatic carbocycles. The largest absolute Gasteiger partial charge is 0.480 e. The lowest BCUT2D eigenvalue weighted by atomic mass is 10.1. The van der Waals surface area contributed by atoms with Gasteiger partial charge in [0.05, 0.1) is 0 Å². The monoisotopic (exact) mass is 266 g/mol. The van der Waals surface area contributed by atoms with Gasteiger partial charge >= 0.3 is 5.97 Å². The molecule has 6 heteroatoms. The Balaban J connectivity index is 2.12. The molecule has 96 valence electrons. The molecule has 0 saturated heterocycles. The van der Waals surface area contributed by atoms with E-state index in [1.807, 2.05) is 24.3 Å². The first-order valence-electron chi connectivity index (χ1n) is 5.46. The minimum Gasteiger partial charge on any atom is -0.480 e. The summed E-state index contributed by atoms with van der Waals surface area (Å²) in [6.45, 7) is 1.63. The summed E-state index contributed by atoms with van der Waals surface area (Å²) in [7, 11) is 1.63. The van der Waals surface area contributed by atoms with E-state index in [2.05, 4.69) is 10.3 Å². The van der Waals surface area contributed by atoms with Gasteiger partial charge in [0.15, 0.2) is 5.58 Å². The van der Waals surface area contributed by atoms with E-state index in [1.54, 1.807) is 14.0 Å². The van der Waals surface area contributed by atoms with Crippen molar-refractivity contribution < 1.29 is 14.3 Å². The Morgan fingerprint density at radius 3 is 2.89 bits per heavy atom. The number of likely N-dealkylation sites (N-methyl/N-ethyl adjacent to an activating group) is 1. The van der Waals surface area contributed by atoms with Crippen molar-refractivity contribution in [1.29, 1.82) is 0 Å². The molecule has 2 N–H and O–H groups in total. The quantitative estimate of drug-likeness (QED) is 0.806. The van der Waals surface area contributed by atoms with Gasteiger partial charge in [-0.15, -0.1) is 0 Å². The van der Waals surface area contributed by atoms with Crippen molar-refractivity contribution in [3.8, 4) is 0 Å². The number of fused-ring (bicyclic) bond motifs is 1. The van der Waals surface area contributed by atoms with Crippen LogP contribution in [0.2, 0.25) is 0 Å². The Hall–Kier alpha value is -1.53. The summed E-state index contributed by atoms with van der Waals surface area (Å²) in [6, 6.07) is 7.45. The molecule has 0 spiro atoms. The molecule has 0 amide bonds. The molecule has 1 unspecified atom stereocenters. The molecule has 0 aliphatic carbocycles. The number of oxazole rings is 1. The number of carbonyl (C=O) groups is 1. The lowest BCUT2D eigenvalue weighted by Crippen LogP contribution is -2.49. The zero-order chi connectivity index (χ0) is 13.2. The van der Waals surface area contributed by atoms with E-state index in [9.17, 15) is 4.79 Å². The van der Waals surface area contributed by atoms with E-state index in [-0.39, 0.29) is 0 Å². The van der Waals surface area contributed by atoms with Crippen LogP contribution in [0.5, 0.6) is 0 Å². The molecular formula is C12H14N2O3S. The van der Waals surface area contributed by atoms with Gasteiger partial charge in [-0.05, 0) is 26.1 Å². The Bertz CT molecular complexity index is 536. The average Bonchev–Trinajstić information content (AvgIpc) is 2.78. The highest BCUT2D eigenvalue weighted by Gasteiger charge is 2.31. The van der Waals surface area contributed by atoms with Crippen molar-refractivity contribution >= 4 is 28.8 Å². The molecular weight excluding hydrogens is 252 g/mol. The van der Waals surface area contributed by atoms with Crippen LogP contribution in [-0.2, 0) is 4.79 Å². The average molecular weight is 266 g/mol. The topological polar surface area (TPSA) is 75.4 Å². The number of hydrogen-bond acceptors (Lipinski definition) is 5. The van der Waals surface area contributed by atoms with Crippen LogP contribution in [0.4, 0.5) is 0 Å². The Morgan fingerprint density at radius 1 is 1.56 bits per heavy atom. The van der Waals surface area contributed by atoms with Crippen LogP contribution in [0.15, 0.2) is 33.9 Å². The van der Waals surface area contributed by atoms with Crippen molar-refractivity contribution in [1.82, 2.24) is 10.3 Å². The van der Waals surface area contributed by atoms with Crippen LogP contribution in [0.1, 0.15) is 6.92 Å². The molecule has 0 bridgehead atoms. The molecule has 0 aliphatic heterocycles. The predicted molar refractivity (Wildman–Crippen MR) is 69.8 cm³/mol. The number of nitrogens with one attached hydrogen (secondary N) is 1. The molecule has 0 saturated carbocycles. The van der Waals surface area contributed by atoms with Gasteiger partial charge in [0, 0.05) is 5.75 Å². The summed E-state index contributed by atoms with van der Waals surface area (Å²) < 4.78 is 5.52. The number of carboxylic acid groups (broad SMARTS) is 1. The predicted octanol–water partition coefficient (Wildman–Crippen LogP) is 1.98. The third-order valence-corrected chi connectivity index (χ3v) is 3.93. The number of rotatable bonds is 5. The Morgan fingerprint density at radius 2 is 2.28 bits per heavy atom.